The molecule has 3 aliphatic heterocycles. The molecule has 3 amide bonds. The highest BCUT2D eigenvalue weighted by atomic mass is 16.5. The van der Waals surface area contributed by atoms with Crippen molar-refractivity contribution in [2.24, 2.45) is 5.92 Å². The maximum Gasteiger partial charge on any atom is 0.325 e. The standard InChI is InChI=1S/C30H35N5O4/c1-38-27-4-2-3-22(17-27)20-35-29(37)34(26-7-5-23(6-8-26)25-18-31-32-19-25)21-30(35)11-13-33(14-12-30)28(36)24-9-15-39-16-10-24/h2-8,17-19,24H,9-16,20-21H2,1H3,(H,31,32). The fourth-order valence-electron chi connectivity index (χ4n) is 6.20. The Morgan fingerprint density at radius 3 is 2.56 bits per heavy atom. The Hall–Kier alpha value is -3.85. The summed E-state index contributed by atoms with van der Waals surface area (Å²) in [4.78, 5) is 33.2. The summed E-state index contributed by atoms with van der Waals surface area (Å²) in [7, 11) is 1.65. The molecule has 204 valence electrons. The van der Waals surface area contributed by atoms with Crippen LogP contribution in [0.15, 0.2) is 60.9 Å². The van der Waals surface area contributed by atoms with Gasteiger partial charge >= 0.3 is 6.03 Å². The number of methoxy groups -OCH3 is 1. The first kappa shape index (κ1) is 25.4. The van der Waals surface area contributed by atoms with Crippen LogP contribution in [-0.2, 0) is 16.1 Å². The molecule has 0 atom stereocenters. The average Bonchev–Trinajstić information content (AvgIpc) is 3.62. The molecule has 0 bridgehead atoms. The van der Waals surface area contributed by atoms with Crippen molar-refractivity contribution in [1.82, 2.24) is 20.0 Å². The number of urea groups is 1. The molecule has 3 saturated heterocycles. The zero-order chi connectivity index (χ0) is 26.8. The van der Waals surface area contributed by atoms with Gasteiger partial charge in [0.2, 0.25) is 5.91 Å². The Morgan fingerprint density at radius 2 is 1.87 bits per heavy atom. The van der Waals surface area contributed by atoms with Gasteiger partial charge in [-0.1, -0.05) is 24.3 Å². The van der Waals surface area contributed by atoms with Crippen molar-refractivity contribution >= 4 is 17.6 Å². The number of ether oxygens (including phenoxy) is 2. The van der Waals surface area contributed by atoms with Gasteiger partial charge in [-0.2, -0.15) is 5.10 Å². The zero-order valence-electron chi connectivity index (χ0n) is 22.3. The second kappa shape index (κ2) is 10.7. The zero-order valence-corrected chi connectivity index (χ0v) is 22.3. The molecule has 39 heavy (non-hydrogen) atoms. The number of nitrogens with one attached hydrogen (secondary N) is 1. The molecule has 9 heteroatoms. The van der Waals surface area contributed by atoms with E-state index >= 15 is 0 Å². The second-order valence-corrected chi connectivity index (χ2v) is 10.8. The normalized spacial score (nSPS) is 19.6. The lowest BCUT2D eigenvalue weighted by molar-refractivity contribution is -0.140. The molecular formula is C30H35N5O4. The van der Waals surface area contributed by atoms with Gasteiger partial charge in [0.25, 0.3) is 0 Å². The largest absolute Gasteiger partial charge is 0.497 e. The van der Waals surface area contributed by atoms with E-state index in [1.807, 2.05) is 69.4 Å². The summed E-state index contributed by atoms with van der Waals surface area (Å²) in [5.74, 6) is 1.07. The van der Waals surface area contributed by atoms with Crippen LogP contribution in [0.5, 0.6) is 5.75 Å². The van der Waals surface area contributed by atoms with Crippen LogP contribution in [0, 0.1) is 5.92 Å². The van der Waals surface area contributed by atoms with E-state index in [0.29, 0.717) is 39.4 Å². The number of rotatable bonds is 6. The third-order valence-electron chi connectivity index (χ3n) is 8.55. The van der Waals surface area contributed by atoms with E-state index in [9.17, 15) is 9.59 Å². The van der Waals surface area contributed by atoms with Crippen LogP contribution in [-0.4, -0.2) is 77.4 Å². The maximum absolute atomic E-state index is 14.0. The third-order valence-corrected chi connectivity index (χ3v) is 8.55. The molecule has 0 saturated carbocycles. The first-order chi connectivity index (χ1) is 19.1. The average molecular weight is 530 g/mol. The number of anilines is 1. The van der Waals surface area contributed by atoms with Crippen LogP contribution in [0.3, 0.4) is 0 Å². The SMILES string of the molecule is COc1cccc(CN2C(=O)N(c3ccc(-c4cn[nH]c4)cc3)CC23CCN(C(=O)C2CCOCC2)CC3)c1. The number of nitrogens with zero attached hydrogens (tertiary/aromatic N) is 4. The highest BCUT2D eigenvalue weighted by Gasteiger charge is 2.51. The molecule has 6 rings (SSSR count). The molecule has 1 N–H and O–H groups in total. The van der Waals surface area contributed by atoms with Gasteiger partial charge < -0.3 is 19.3 Å². The minimum atomic E-state index is -0.351. The highest BCUT2D eigenvalue weighted by Crippen LogP contribution is 2.40. The molecule has 1 spiro atoms. The minimum Gasteiger partial charge on any atom is -0.497 e. The van der Waals surface area contributed by atoms with Crippen molar-refractivity contribution in [1.29, 1.82) is 0 Å². The van der Waals surface area contributed by atoms with Crippen molar-refractivity contribution in [3.8, 4) is 16.9 Å². The summed E-state index contributed by atoms with van der Waals surface area (Å²) in [5, 5.41) is 6.89. The summed E-state index contributed by atoms with van der Waals surface area (Å²) in [6.07, 6.45) is 6.74. The molecule has 4 heterocycles. The molecule has 3 fully saturated rings. The lowest BCUT2D eigenvalue weighted by Crippen LogP contribution is -2.56. The van der Waals surface area contributed by atoms with Gasteiger partial charge in [0, 0.05) is 56.2 Å². The Balaban J connectivity index is 1.25. The molecule has 3 aliphatic rings. The van der Waals surface area contributed by atoms with Crippen molar-refractivity contribution in [3.05, 3.63) is 66.5 Å². The van der Waals surface area contributed by atoms with E-state index < -0.39 is 0 Å². The van der Waals surface area contributed by atoms with Crippen LogP contribution in [0.1, 0.15) is 31.2 Å². The van der Waals surface area contributed by atoms with Crippen LogP contribution in [0.2, 0.25) is 0 Å². The van der Waals surface area contributed by atoms with E-state index in [2.05, 4.69) is 10.2 Å². The van der Waals surface area contributed by atoms with Gasteiger partial charge in [0.15, 0.2) is 0 Å². The second-order valence-electron chi connectivity index (χ2n) is 10.8. The fraction of sp³-hybridized carbons (Fsp3) is 0.433. The Bertz CT molecular complexity index is 1300. The van der Waals surface area contributed by atoms with Crippen molar-refractivity contribution in [2.45, 2.75) is 37.8 Å². The van der Waals surface area contributed by atoms with Crippen LogP contribution < -0.4 is 9.64 Å². The van der Waals surface area contributed by atoms with Crippen molar-refractivity contribution in [2.75, 3.05) is 44.9 Å². The number of hydrogen-bond donors (Lipinski definition) is 1. The number of amides is 3. The van der Waals surface area contributed by atoms with E-state index in [1.165, 1.54) is 0 Å². The predicted molar refractivity (Wildman–Crippen MR) is 147 cm³/mol. The molecule has 3 aromatic rings. The quantitative estimate of drug-likeness (QED) is 0.514. The van der Waals surface area contributed by atoms with Gasteiger partial charge in [-0.3, -0.25) is 14.8 Å². The van der Waals surface area contributed by atoms with E-state index in [-0.39, 0.29) is 23.4 Å². The van der Waals surface area contributed by atoms with Crippen LogP contribution >= 0.6 is 0 Å². The summed E-state index contributed by atoms with van der Waals surface area (Å²) < 4.78 is 10.9. The summed E-state index contributed by atoms with van der Waals surface area (Å²) in [5.41, 5.74) is 3.60. The van der Waals surface area contributed by atoms with Gasteiger partial charge in [-0.05, 0) is 61.1 Å². The topological polar surface area (TPSA) is 91.0 Å². The predicted octanol–water partition coefficient (Wildman–Crippen LogP) is 4.32. The molecule has 0 radical (unpaired) electrons. The Labute approximate surface area is 228 Å². The number of likely N-dealkylation sites (tertiary alicyclic amines) is 1. The number of benzene rings is 2. The molecular weight excluding hydrogens is 494 g/mol. The first-order valence-electron chi connectivity index (χ1n) is 13.7. The molecule has 9 nitrogen and oxygen atoms in total. The third kappa shape index (κ3) is 4.98. The van der Waals surface area contributed by atoms with Gasteiger partial charge in [-0.15, -0.1) is 0 Å². The van der Waals surface area contributed by atoms with Crippen LogP contribution in [0.25, 0.3) is 11.1 Å². The molecule has 2 aromatic carbocycles. The van der Waals surface area contributed by atoms with Gasteiger partial charge in [0.1, 0.15) is 5.75 Å². The summed E-state index contributed by atoms with van der Waals surface area (Å²) in [6.45, 7) is 3.72. The number of H-pyrrole nitrogens is 1. The van der Waals surface area contributed by atoms with Crippen LogP contribution in [0.4, 0.5) is 10.5 Å². The molecule has 1 aromatic heterocycles. The monoisotopic (exact) mass is 529 g/mol. The highest BCUT2D eigenvalue weighted by molar-refractivity contribution is 5.95. The van der Waals surface area contributed by atoms with E-state index in [0.717, 1.165) is 53.8 Å². The van der Waals surface area contributed by atoms with Gasteiger partial charge in [0.05, 0.1) is 25.4 Å². The maximum atomic E-state index is 14.0. The van der Waals surface area contributed by atoms with Crippen molar-refractivity contribution in [3.63, 3.8) is 0 Å². The number of carbonyl (C=O) groups is 2. The molecule has 0 aliphatic carbocycles. The Morgan fingerprint density at radius 1 is 1.10 bits per heavy atom. The molecule has 0 unspecified atom stereocenters. The number of hydrogen-bond acceptors (Lipinski definition) is 5. The number of aromatic nitrogens is 2. The number of piperidine rings is 1. The lowest BCUT2D eigenvalue weighted by Gasteiger charge is -2.44. The fourth-order valence-corrected chi connectivity index (χ4v) is 6.20. The number of aromatic amines is 1. The van der Waals surface area contributed by atoms with Crippen molar-refractivity contribution < 1.29 is 19.1 Å². The lowest BCUT2D eigenvalue weighted by atomic mass is 9.85. The van der Waals surface area contributed by atoms with E-state index in [1.54, 1.807) is 13.3 Å². The van der Waals surface area contributed by atoms with E-state index in [4.69, 9.17) is 9.47 Å². The smallest absolute Gasteiger partial charge is 0.325 e. The summed E-state index contributed by atoms with van der Waals surface area (Å²) in [6, 6.07) is 16.0. The first-order valence-corrected chi connectivity index (χ1v) is 13.7. The Kier molecular flexibility index (Phi) is 6.99. The minimum absolute atomic E-state index is 0.00177. The number of carbonyl (C=O) groups excluding carboxylic acids is 2. The summed E-state index contributed by atoms with van der Waals surface area (Å²) >= 11 is 0. The van der Waals surface area contributed by atoms with Gasteiger partial charge in [-0.25, -0.2) is 4.79 Å².